The fraction of sp³-hybridized carbons (Fsp3) is 0.250. The van der Waals surface area contributed by atoms with Crippen LogP contribution in [0.5, 0.6) is 0 Å². The number of aliphatic carboxylic acids is 1. The number of hydrogen-bond acceptors (Lipinski definition) is 3. The molecule has 0 aliphatic heterocycles. The molecule has 4 nitrogen and oxygen atoms in total. The van der Waals surface area contributed by atoms with Crippen LogP contribution in [0.3, 0.4) is 0 Å². The van der Waals surface area contributed by atoms with Gasteiger partial charge in [0.1, 0.15) is 0 Å². The normalized spacial score (nSPS) is 9.79. The number of carboxylic acid groups (broad SMARTS) is 1. The zero-order chi connectivity index (χ0) is 10.6. The molecule has 0 fully saturated rings. The Labute approximate surface area is 89.5 Å². The molecule has 0 saturated heterocycles. The average Bonchev–Trinajstić information content (AvgIpc) is 2.51. The summed E-state index contributed by atoms with van der Waals surface area (Å²) in [6, 6.07) is 1.54. The van der Waals surface area contributed by atoms with E-state index in [4.69, 9.17) is 16.7 Å². The number of carbonyl (C=O) groups is 2. The van der Waals surface area contributed by atoms with E-state index in [0.717, 1.165) is 0 Å². The third-order valence-corrected chi connectivity index (χ3v) is 2.69. The first-order valence-electron chi connectivity index (χ1n) is 3.83. The Morgan fingerprint density at radius 1 is 1.57 bits per heavy atom. The molecule has 0 aliphatic rings. The Morgan fingerprint density at radius 2 is 2.29 bits per heavy atom. The maximum absolute atomic E-state index is 11.3. The summed E-state index contributed by atoms with van der Waals surface area (Å²) in [5, 5.41) is 13.0. The van der Waals surface area contributed by atoms with Gasteiger partial charge in [-0.2, -0.15) is 0 Å². The molecule has 2 N–H and O–H groups in total. The smallest absolute Gasteiger partial charge is 0.305 e. The van der Waals surface area contributed by atoms with Gasteiger partial charge in [0.05, 0.1) is 16.3 Å². The Balaban J connectivity index is 2.39. The summed E-state index contributed by atoms with van der Waals surface area (Å²) < 4.78 is 0. The highest BCUT2D eigenvalue weighted by atomic mass is 35.5. The highest BCUT2D eigenvalue weighted by Gasteiger charge is 2.08. The minimum absolute atomic E-state index is 0.0785. The zero-order valence-corrected chi connectivity index (χ0v) is 8.69. The number of carbonyl (C=O) groups excluding carboxylic acids is 1. The maximum atomic E-state index is 11.3. The van der Waals surface area contributed by atoms with Crippen molar-refractivity contribution in [1.29, 1.82) is 0 Å². The predicted molar refractivity (Wildman–Crippen MR) is 53.9 cm³/mol. The number of carboxylic acids is 1. The summed E-state index contributed by atoms with van der Waals surface area (Å²) in [7, 11) is 0. The lowest BCUT2D eigenvalue weighted by atomic mass is 10.4. The van der Waals surface area contributed by atoms with Crippen molar-refractivity contribution in [3.63, 3.8) is 0 Å². The molecule has 0 aliphatic carbocycles. The van der Waals surface area contributed by atoms with Gasteiger partial charge < -0.3 is 10.4 Å². The second kappa shape index (κ2) is 4.97. The number of halogens is 1. The molecule has 1 aromatic heterocycles. The van der Waals surface area contributed by atoms with Crippen molar-refractivity contribution >= 4 is 34.8 Å². The Hall–Kier alpha value is -1.07. The van der Waals surface area contributed by atoms with E-state index in [9.17, 15) is 9.59 Å². The van der Waals surface area contributed by atoms with Crippen molar-refractivity contribution < 1.29 is 14.7 Å². The molecular weight excluding hydrogens is 226 g/mol. The van der Waals surface area contributed by atoms with Crippen LogP contribution in [0, 0.1) is 0 Å². The van der Waals surface area contributed by atoms with Gasteiger partial charge in [0.25, 0.3) is 5.91 Å². The minimum Gasteiger partial charge on any atom is -0.481 e. The van der Waals surface area contributed by atoms with Crippen LogP contribution in [0.2, 0.25) is 5.02 Å². The minimum atomic E-state index is -0.936. The molecule has 1 amide bonds. The quantitative estimate of drug-likeness (QED) is 0.830. The van der Waals surface area contributed by atoms with Gasteiger partial charge in [0, 0.05) is 11.9 Å². The molecule has 1 aromatic rings. The van der Waals surface area contributed by atoms with E-state index in [2.05, 4.69) is 5.32 Å². The van der Waals surface area contributed by atoms with Gasteiger partial charge in [-0.15, -0.1) is 11.3 Å². The summed E-state index contributed by atoms with van der Waals surface area (Å²) in [5.74, 6) is -1.22. The molecule has 0 bridgehead atoms. The van der Waals surface area contributed by atoms with Gasteiger partial charge >= 0.3 is 5.97 Å². The van der Waals surface area contributed by atoms with E-state index in [-0.39, 0.29) is 18.9 Å². The summed E-state index contributed by atoms with van der Waals surface area (Å²) in [5.41, 5.74) is 0. The third kappa shape index (κ3) is 3.35. The summed E-state index contributed by atoms with van der Waals surface area (Å²) in [4.78, 5) is 21.9. The monoisotopic (exact) mass is 233 g/mol. The van der Waals surface area contributed by atoms with Crippen LogP contribution in [-0.4, -0.2) is 23.5 Å². The van der Waals surface area contributed by atoms with Crippen LogP contribution in [0.25, 0.3) is 0 Å². The van der Waals surface area contributed by atoms with Gasteiger partial charge in [0.2, 0.25) is 0 Å². The first-order chi connectivity index (χ1) is 6.59. The van der Waals surface area contributed by atoms with Crippen LogP contribution in [0.4, 0.5) is 0 Å². The van der Waals surface area contributed by atoms with Gasteiger partial charge in [-0.3, -0.25) is 9.59 Å². The number of rotatable bonds is 4. The highest BCUT2D eigenvalue weighted by molar-refractivity contribution is 7.12. The van der Waals surface area contributed by atoms with E-state index in [1.165, 1.54) is 11.3 Å². The van der Waals surface area contributed by atoms with E-state index in [1.54, 1.807) is 11.4 Å². The van der Waals surface area contributed by atoms with Crippen LogP contribution in [-0.2, 0) is 4.79 Å². The van der Waals surface area contributed by atoms with Gasteiger partial charge in [-0.05, 0) is 6.07 Å². The van der Waals surface area contributed by atoms with Crippen molar-refractivity contribution in [2.75, 3.05) is 6.54 Å². The lowest BCUT2D eigenvalue weighted by molar-refractivity contribution is -0.136. The van der Waals surface area contributed by atoms with Crippen LogP contribution in [0.15, 0.2) is 11.4 Å². The van der Waals surface area contributed by atoms with Crippen molar-refractivity contribution in [3.8, 4) is 0 Å². The van der Waals surface area contributed by atoms with E-state index < -0.39 is 5.97 Å². The lowest BCUT2D eigenvalue weighted by Gasteiger charge is -1.99. The Morgan fingerprint density at radius 3 is 2.79 bits per heavy atom. The van der Waals surface area contributed by atoms with E-state index in [1.807, 2.05) is 0 Å². The van der Waals surface area contributed by atoms with Gasteiger partial charge in [-0.1, -0.05) is 11.6 Å². The van der Waals surface area contributed by atoms with Crippen molar-refractivity contribution in [3.05, 3.63) is 21.3 Å². The number of hydrogen-bond donors (Lipinski definition) is 2. The van der Waals surface area contributed by atoms with Crippen LogP contribution >= 0.6 is 22.9 Å². The first kappa shape index (κ1) is 11.0. The van der Waals surface area contributed by atoms with Gasteiger partial charge in [0.15, 0.2) is 0 Å². The molecular formula is C8H8ClNO3S. The number of thiophene rings is 1. The van der Waals surface area contributed by atoms with Crippen molar-refractivity contribution in [1.82, 2.24) is 5.32 Å². The largest absolute Gasteiger partial charge is 0.481 e. The molecule has 0 spiro atoms. The Kier molecular flexibility index (Phi) is 3.91. The fourth-order valence-electron chi connectivity index (χ4n) is 0.802. The summed E-state index contributed by atoms with van der Waals surface area (Å²) in [6.45, 7) is 0.129. The standard InChI is InChI=1S/C8H8ClNO3S/c9-5-3-6(14-4-5)8(13)10-2-1-7(11)12/h3-4H,1-2H2,(H,10,13)(H,11,12). The van der Waals surface area contributed by atoms with Crippen LogP contribution in [0.1, 0.15) is 16.1 Å². The van der Waals surface area contributed by atoms with Crippen molar-refractivity contribution in [2.24, 2.45) is 0 Å². The first-order valence-corrected chi connectivity index (χ1v) is 5.09. The molecule has 14 heavy (non-hydrogen) atoms. The molecule has 1 rings (SSSR count). The molecule has 0 atom stereocenters. The summed E-state index contributed by atoms with van der Waals surface area (Å²) >= 11 is 6.85. The number of nitrogens with one attached hydrogen (secondary N) is 1. The average molecular weight is 234 g/mol. The molecule has 0 aromatic carbocycles. The molecule has 76 valence electrons. The van der Waals surface area contributed by atoms with E-state index >= 15 is 0 Å². The SMILES string of the molecule is O=C(O)CCNC(=O)c1cc(Cl)cs1. The third-order valence-electron chi connectivity index (χ3n) is 1.42. The summed E-state index contributed by atoms with van der Waals surface area (Å²) in [6.07, 6.45) is -0.0785. The zero-order valence-electron chi connectivity index (χ0n) is 7.12. The molecule has 6 heteroatoms. The number of amides is 1. The predicted octanol–water partition coefficient (Wildman–Crippen LogP) is 1.61. The van der Waals surface area contributed by atoms with Crippen molar-refractivity contribution in [2.45, 2.75) is 6.42 Å². The highest BCUT2D eigenvalue weighted by Crippen LogP contribution is 2.18. The second-order valence-corrected chi connectivity index (χ2v) is 3.88. The maximum Gasteiger partial charge on any atom is 0.305 e. The topological polar surface area (TPSA) is 66.4 Å². The Bertz CT molecular complexity index is 350. The lowest BCUT2D eigenvalue weighted by Crippen LogP contribution is -2.25. The molecule has 0 radical (unpaired) electrons. The molecule has 0 unspecified atom stereocenters. The van der Waals surface area contributed by atoms with E-state index in [0.29, 0.717) is 9.90 Å². The molecule has 0 saturated carbocycles. The van der Waals surface area contributed by atoms with Gasteiger partial charge in [-0.25, -0.2) is 0 Å². The fourth-order valence-corrected chi connectivity index (χ4v) is 1.79. The molecule has 1 heterocycles. The second-order valence-electron chi connectivity index (χ2n) is 2.53. The van der Waals surface area contributed by atoms with Crippen LogP contribution < -0.4 is 5.32 Å².